The Labute approximate surface area is 205 Å². The van der Waals surface area contributed by atoms with Crippen LogP contribution in [0.1, 0.15) is 101 Å². The molecule has 2 rings (SSSR count). The van der Waals surface area contributed by atoms with Crippen LogP contribution >= 0.6 is 11.3 Å². The highest BCUT2D eigenvalue weighted by molar-refractivity contribution is 7.09. The Bertz CT molecular complexity index is 831. The number of nitrogens with one attached hydrogen (secondary N) is 2. The van der Waals surface area contributed by atoms with Crippen LogP contribution in [-0.4, -0.2) is 50.9 Å². The van der Waals surface area contributed by atoms with Crippen molar-refractivity contribution in [1.82, 2.24) is 15.6 Å². The van der Waals surface area contributed by atoms with Gasteiger partial charge in [0.1, 0.15) is 22.8 Å². The van der Waals surface area contributed by atoms with Crippen LogP contribution in [-0.2, 0) is 9.53 Å². The van der Waals surface area contributed by atoms with Gasteiger partial charge in [-0.2, -0.15) is 0 Å². The molecule has 10 heteroatoms. The van der Waals surface area contributed by atoms with E-state index in [4.69, 9.17) is 9.84 Å². The van der Waals surface area contributed by atoms with E-state index in [-0.39, 0.29) is 35.9 Å². The van der Waals surface area contributed by atoms with Crippen molar-refractivity contribution in [3.63, 3.8) is 0 Å². The van der Waals surface area contributed by atoms with Gasteiger partial charge in [0.05, 0.1) is 0 Å². The normalized spacial score (nSPS) is 18.4. The van der Waals surface area contributed by atoms with E-state index in [1.807, 2.05) is 13.8 Å². The molecule has 4 N–H and O–H groups in total. The standard InChI is InChI=1S/C24H39N3O6S/c1-6-14(2)19(27-23(32)33-24(3,4)5)20(29)25-16(15-10-8-7-9-11-15)12-18(28)21-26-17(13-34-21)22(30)31/h13-16,18-19,28H,6-12H2,1-5H3,(H,25,29)(H,27,32)(H,30,31)/t14-,16-,18-,19+/m1/s1. The SMILES string of the molecule is CC[C@@H](C)[C@H](NC(=O)OC(C)(C)C)C(=O)N[C@H](C[C@@H](O)c1nc(C(=O)O)cs1)C1CCCCC1. The minimum Gasteiger partial charge on any atom is -0.476 e. The third-order valence-corrected chi connectivity index (χ3v) is 7.16. The van der Waals surface area contributed by atoms with E-state index in [1.54, 1.807) is 20.8 Å². The van der Waals surface area contributed by atoms with Crippen molar-refractivity contribution in [3.05, 3.63) is 16.1 Å². The second kappa shape index (κ2) is 12.5. The summed E-state index contributed by atoms with van der Waals surface area (Å²) >= 11 is 1.09. The van der Waals surface area contributed by atoms with E-state index in [1.165, 1.54) is 5.38 Å². The second-order valence-corrected chi connectivity index (χ2v) is 11.0. The monoisotopic (exact) mass is 497 g/mol. The zero-order valence-electron chi connectivity index (χ0n) is 20.8. The molecule has 2 amide bonds. The van der Waals surface area contributed by atoms with Crippen LogP contribution in [0.15, 0.2) is 5.38 Å². The Morgan fingerprint density at radius 2 is 1.85 bits per heavy atom. The van der Waals surface area contributed by atoms with Gasteiger partial charge in [0.2, 0.25) is 5.91 Å². The number of carbonyl (C=O) groups excluding carboxylic acids is 2. The summed E-state index contributed by atoms with van der Waals surface area (Å²) in [5.41, 5.74) is -0.784. The fraction of sp³-hybridized carbons (Fsp3) is 0.750. The average Bonchev–Trinajstić information content (AvgIpc) is 3.26. The zero-order valence-corrected chi connectivity index (χ0v) is 21.6. The fourth-order valence-corrected chi connectivity index (χ4v) is 4.99. The van der Waals surface area contributed by atoms with Gasteiger partial charge in [-0.05, 0) is 45.4 Å². The number of alkyl carbamates (subject to hydrolysis) is 1. The van der Waals surface area contributed by atoms with Crippen molar-refractivity contribution >= 4 is 29.3 Å². The molecule has 1 heterocycles. The second-order valence-electron chi connectivity index (χ2n) is 10.2. The lowest BCUT2D eigenvalue weighted by atomic mass is 9.81. The minimum atomic E-state index is -1.14. The fourth-order valence-electron chi connectivity index (χ4n) is 4.19. The molecule has 192 valence electrons. The van der Waals surface area contributed by atoms with Crippen molar-refractivity contribution < 1.29 is 29.3 Å². The molecule has 0 saturated heterocycles. The number of rotatable bonds is 10. The predicted octanol–water partition coefficient (Wildman–Crippen LogP) is 4.27. The molecule has 0 bridgehead atoms. The summed E-state index contributed by atoms with van der Waals surface area (Å²) in [6.45, 7) is 9.14. The number of thiazole rings is 1. The highest BCUT2D eigenvalue weighted by Crippen LogP contribution is 2.32. The summed E-state index contributed by atoms with van der Waals surface area (Å²) in [4.78, 5) is 40.9. The van der Waals surface area contributed by atoms with Crippen molar-refractivity contribution in [2.45, 2.75) is 103 Å². The first-order chi connectivity index (χ1) is 15.9. The third-order valence-electron chi connectivity index (χ3n) is 6.22. The molecule has 0 aromatic carbocycles. The molecule has 1 aliphatic rings. The predicted molar refractivity (Wildman–Crippen MR) is 130 cm³/mol. The van der Waals surface area contributed by atoms with Gasteiger partial charge in [-0.15, -0.1) is 11.3 Å². The molecule has 1 aromatic rings. The van der Waals surface area contributed by atoms with Crippen LogP contribution in [0.2, 0.25) is 0 Å². The average molecular weight is 498 g/mol. The third kappa shape index (κ3) is 8.54. The van der Waals surface area contributed by atoms with Gasteiger partial charge < -0.3 is 25.6 Å². The van der Waals surface area contributed by atoms with Gasteiger partial charge in [-0.3, -0.25) is 4.79 Å². The number of amides is 2. The molecular formula is C24H39N3O6S. The topological polar surface area (TPSA) is 138 Å². The number of aromatic carboxylic acids is 1. The van der Waals surface area contributed by atoms with E-state index in [0.717, 1.165) is 43.4 Å². The van der Waals surface area contributed by atoms with Gasteiger partial charge in [0.25, 0.3) is 0 Å². The van der Waals surface area contributed by atoms with Crippen molar-refractivity contribution in [1.29, 1.82) is 0 Å². The molecule has 1 fully saturated rings. The molecule has 1 aromatic heterocycles. The van der Waals surface area contributed by atoms with Gasteiger partial charge in [0.15, 0.2) is 5.69 Å². The largest absolute Gasteiger partial charge is 0.476 e. The Morgan fingerprint density at radius 3 is 2.38 bits per heavy atom. The molecular weight excluding hydrogens is 458 g/mol. The molecule has 0 unspecified atom stereocenters. The minimum absolute atomic E-state index is 0.101. The smallest absolute Gasteiger partial charge is 0.408 e. The van der Waals surface area contributed by atoms with E-state index in [0.29, 0.717) is 11.4 Å². The molecule has 1 saturated carbocycles. The number of carboxylic acid groups (broad SMARTS) is 1. The van der Waals surface area contributed by atoms with Crippen LogP contribution in [0.3, 0.4) is 0 Å². The van der Waals surface area contributed by atoms with Crippen LogP contribution in [0, 0.1) is 11.8 Å². The highest BCUT2D eigenvalue weighted by atomic mass is 32.1. The number of aromatic nitrogens is 1. The quantitative estimate of drug-likeness (QED) is 0.379. The number of carboxylic acids is 1. The van der Waals surface area contributed by atoms with Crippen molar-refractivity contribution in [2.24, 2.45) is 11.8 Å². The van der Waals surface area contributed by atoms with E-state index in [2.05, 4.69) is 15.6 Å². The first kappa shape index (κ1) is 28.0. The lowest BCUT2D eigenvalue weighted by molar-refractivity contribution is -0.125. The van der Waals surface area contributed by atoms with Gasteiger partial charge in [-0.25, -0.2) is 14.6 Å². The zero-order chi connectivity index (χ0) is 25.5. The van der Waals surface area contributed by atoms with Crippen molar-refractivity contribution in [2.75, 3.05) is 0 Å². The van der Waals surface area contributed by atoms with E-state index >= 15 is 0 Å². The molecule has 0 aliphatic heterocycles. The van der Waals surface area contributed by atoms with Gasteiger partial charge in [-0.1, -0.05) is 39.5 Å². The lowest BCUT2D eigenvalue weighted by Crippen LogP contribution is -2.54. The number of hydrogen-bond acceptors (Lipinski definition) is 7. The summed E-state index contributed by atoms with van der Waals surface area (Å²) in [7, 11) is 0. The molecule has 9 nitrogen and oxygen atoms in total. The maximum Gasteiger partial charge on any atom is 0.408 e. The Kier molecular flexibility index (Phi) is 10.3. The van der Waals surface area contributed by atoms with Gasteiger partial charge in [0, 0.05) is 17.8 Å². The van der Waals surface area contributed by atoms with Crippen LogP contribution in [0.5, 0.6) is 0 Å². The maximum absolute atomic E-state index is 13.4. The summed E-state index contributed by atoms with van der Waals surface area (Å²) < 4.78 is 5.35. The number of hydrogen-bond donors (Lipinski definition) is 4. The lowest BCUT2D eigenvalue weighted by Gasteiger charge is -2.34. The molecule has 1 aliphatic carbocycles. The number of carbonyl (C=O) groups is 3. The number of aliphatic hydroxyl groups excluding tert-OH is 1. The summed E-state index contributed by atoms with van der Waals surface area (Å²) in [6.07, 6.45) is 4.38. The highest BCUT2D eigenvalue weighted by Gasteiger charge is 2.33. The summed E-state index contributed by atoms with van der Waals surface area (Å²) in [5.74, 6) is -1.39. The van der Waals surface area contributed by atoms with E-state index < -0.39 is 29.8 Å². The van der Waals surface area contributed by atoms with Crippen LogP contribution in [0.4, 0.5) is 4.79 Å². The first-order valence-electron chi connectivity index (χ1n) is 12.1. The van der Waals surface area contributed by atoms with Gasteiger partial charge >= 0.3 is 12.1 Å². The summed E-state index contributed by atoms with van der Waals surface area (Å²) in [5, 5.41) is 27.5. The molecule has 4 atom stereocenters. The maximum atomic E-state index is 13.4. The molecule has 0 radical (unpaired) electrons. The Hall–Kier alpha value is -2.20. The van der Waals surface area contributed by atoms with Crippen molar-refractivity contribution in [3.8, 4) is 0 Å². The molecule has 34 heavy (non-hydrogen) atoms. The Morgan fingerprint density at radius 1 is 1.21 bits per heavy atom. The van der Waals surface area contributed by atoms with E-state index in [9.17, 15) is 19.5 Å². The number of ether oxygens (including phenoxy) is 1. The Balaban J connectivity index is 2.17. The van der Waals surface area contributed by atoms with Crippen LogP contribution < -0.4 is 10.6 Å². The molecule has 0 spiro atoms. The number of nitrogens with zero attached hydrogens (tertiary/aromatic N) is 1. The van der Waals surface area contributed by atoms with Crippen LogP contribution in [0.25, 0.3) is 0 Å². The summed E-state index contributed by atoms with van der Waals surface area (Å²) in [6, 6.07) is -1.10. The first-order valence-corrected chi connectivity index (χ1v) is 13.0. The number of aliphatic hydroxyl groups is 1.